The quantitative estimate of drug-likeness (QED) is 0.165. The van der Waals surface area contributed by atoms with Gasteiger partial charge in [0.1, 0.15) is 0 Å². The van der Waals surface area contributed by atoms with E-state index in [9.17, 15) is 18.0 Å². The molecule has 0 atom stereocenters. The Morgan fingerprint density at radius 1 is 1.17 bits per heavy atom. The van der Waals surface area contributed by atoms with Crippen molar-refractivity contribution in [3.8, 4) is 5.75 Å². The van der Waals surface area contributed by atoms with Gasteiger partial charge in [0, 0.05) is 26.7 Å². The van der Waals surface area contributed by atoms with E-state index in [0.717, 1.165) is 43.7 Å². The highest BCUT2D eigenvalue weighted by molar-refractivity contribution is 14.1. The van der Waals surface area contributed by atoms with Crippen LogP contribution in [0, 0.1) is 6.92 Å². The van der Waals surface area contributed by atoms with Crippen LogP contribution in [0.4, 0.5) is 13.2 Å². The third kappa shape index (κ3) is 6.67. The average Bonchev–Trinajstić information content (AvgIpc) is 2.66. The molecule has 0 fully saturated rings. The van der Waals surface area contributed by atoms with E-state index in [1.165, 1.54) is 19.1 Å². The lowest BCUT2D eigenvalue weighted by Crippen LogP contribution is -2.05. The summed E-state index contributed by atoms with van der Waals surface area (Å²) in [5, 5.41) is 0. The summed E-state index contributed by atoms with van der Waals surface area (Å²) in [7, 11) is 0. The van der Waals surface area contributed by atoms with Crippen molar-refractivity contribution in [2.45, 2.75) is 38.3 Å². The summed E-state index contributed by atoms with van der Waals surface area (Å²) in [5.74, 6) is 0.635. The molecule has 0 unspecified atom stereocenters. The van der Waals surface area contributed by atoms with Crippen LogP contribution in [-0.4, -0.2) is 11.7 Å². The first kappa shape index (κ1) is 23.6. The second-order valence-corrected chi connectivity index (χ2v) is 8.34. The molecule has 0 N–H and O–H groups in total. The van der Waals surface area contributed by atoms with E-state index in [0.29, 0.717) is 11.5 Å². The van der Waals surface area contributed by atoms with Gasteiger partial charge in [-0.05, 0) is 71.3 Å². The van der Waals surface area contributed by atoms with Crippen molar-refractivity contribution in [2.75, 3.05) is 5.75 Å². The molecular weight excluding hydrogens is 516 g/mol. The fourth-order valence-electron chi connectivity index (χ4n) is 2.62. The van der Waals surface area contributed by atoms with Crippen LogP contribution in [0.25, 0.3) is 3.58 Å². The molecule has 8 heteroatoms. The Balaban J connectivity index is 2.08. The van der Waals surface area contributed by atoms with Crippen molar-refractivity contribution in [3.05, 3.63) is 64.7 Å². The minimum Gasteiger partial charge on any atom is -0.287 e. The molecule has 0 aromatic heterocycles. The zero-order chi connectivity index (χ0) is 21.6. The zero-order valence-electron chi connectivity index (χ0n) is 16.1. The Hall–Kier alpha value is -1.68. The number of alkyl halides is 3. The number of carbonyl (C=O) groups is 1. The van der Waals surface area contributed by atoms with Gasteiger partial charge in [-0.25, -0.2) is 4.79 Å². The largest absolute Gasteiger partial charge is 0.416 e. The summed E-state index contributed by atoms with van der Waals surface area (Å²) < 4.78 is 38.9. The molecule has 2 aromatic rings. The highest BCUT2D eigenvalue weighted by Gasteiger charge is 2.29. The van der Waals surface area contributed by atoms with Gasteiger partial charge in [-0.1, -0.05) is 25.1 Å². The lowest BCUT2D eigenvalue weighted by Gasteiger charge is -2.13. The molecule has 0 bridgehead atoms. The van der Waals surface area contributed by atoms with Gasteiger partial charge in [0.15, 0.2) is 5.75 Å². The van der Waals surface area contributed by atoms with E-state index in [2.05, 4.69) is 27.5 Å². The molecule has 0 radical (unpaired) electrons. The third-order valence-electron chi connectivity index (χ3n) is 4.10. The fourth-order valence-corrected chi connectivity index (χ4v) is 4.56. The minimum absolute atomic E-state index is 0.497. The average molecular weight is 536 g/mol. The molecular formula is C21H20F3IO3S. The second kappa shape index (κ2) is 10.4. The van der Waals surface area contributed by atoms with E-state index in [4.69, 9.17) is 4.89 Å². The van der Waals surface area contributed by atoms with Crippen LogP contribution in [0.5, 0.6) is 5.75 Å². The lowest BCUT2D eigenvalue weighted by atomic mass is 10.1. The fraction of sp³-hybridized carbons (Fsp3) is 0.286. The molecule has 0 saturated heterocycles. The van der Waals surface area contributed by atoms with Crippen molar-refractivity contribution in [2.24, 2.45) is 0 Å². The highest BCUT2D eigenvalue weighted by Crippen LogP contribution is 2.34. The number of rotatable bonds is 7. The number of benzene rings is 2. The molecule has 29 heavy (non-hydrogen) atoms. The normalized spacial score (nSPS) is 12.0. The molecule has 0 aliphatic carbocycles. The number of carbonyl (C=O) groups excluding carboxylic acids is 1. The number of halogens is 4. The standard InChI is InChI=1S/C21H20F3IO3S/c1-4-17-13(2)19(28-27-14(3)26)9-10-20(17)29-12-11-18(25)15-5-7-16(8-6-15)21(22,23)24/h5-11H,4,12H2,1-3H3/b18-11-. The Morgan fingerprint density at radius 3 is 2.38 bits per heavy atom. The molecule has 3 nitrogen and oxygen atoms in total. The van der Waals surface area contributed by atoms with Crippen molar-refractivity contribution in [1.82, 2.24) is 0 Å². The zero-order valence-corrected chi connectivity index (χ0v) is 19.1. The second-order valence-electron chi connectivity index (χ2n) is 6.12. The van der Waals surface area contributed by atoms with Crippen LogP contribution in [0.2, 0.25) is 0 Å². The summed E-state index contributed by atoms with van der Waals surface area (Å²) in [6.07, 6.45) is -1.57. The summed E-state index contributed by atoms with van der Waals surface area (Å²) in [6.45, 7) is 5.21. The van der Waals surface area contributed by atoms with Crippen molar-refractivity contribution < 1.29 is 27.7 Å². The van der Waals surface area contributed by atoms with Gasteiger partial charge >= 0.3 is 12.1 Å². The Morgan fingerprint density at radius 2 is 1.83 bits per heavy atom. The van der Waals surface area contributed by atoms with Crippen molar-refractivity contribution in [1.29, 1.82) is 0 Å². The van der Waals surface area contributed by atoms with Gasteiger partial charge in [-0.2, -0.15) is 13.2 Å². The highest BCUT2D eigenvalue weighted by atomic mass is 127. The van der Waals surface area contributed by atoms with Gasteiger partial charge in [-0.3, -0.25) is 9.78 Å². The predicted molar refractivity (Wildman–Crippen MR) is 117 cm³/mol. The molecule has 156 valence electrons. The Kier molecular flexibility index (Phi) is 8.45. The monoisotopic (exact) mass is 536 g/mol. The van der Waals surface area contributed by atoms with E-state index in [1.54, 1.807) is 17.8 Å². The van der Waals surface area contributed by atoms with Gasteiger partial charge in [0.2, 0.25) is 0 Å². The number of hydrogen-bond donors (Lipinski definition) is 0. The van der Waals surface area contributed by atoms with Crippen LogP contribution in [0.15, 0.2) is 47.4 Å². The van der Waals surface area contributed by atoms with Gasteiger partial charge in [0.25, 0.3) is 0 Å². The molecule has 2 rings (SSSR count). The topological polar surface area (TPSA) is 35.5 Å². The maximum Gasteiger partial charge on any atom is 0.416 e. The first-order valence-corrected chi connectivity index (χ1v) is 10.8. The third-order valence-corrected chi connectivity index (χ3v) is 6.19. The van der Waals surface area contributed by atoms with Crippen LogP contribution >= 0.6 is 34.4 Å². The summed E-state index contributed by atoms with van der Waals surface area (Å²) >= 11 is 3.75. The Bertz CT molecular complexity index is 893. The van der Waals surface area contributed by atoms with Crippen LogP contribution in [0.3, 0.4) is 0 Å². The van der Waals surface area contributed by atoms with E-state index in [1.807, 2.05) is 26.0 Å². The summed E-state index contributed by atoms with van der Waals surface area (Å²) in [5.41, 5.74) is 2.09. The maximum atomic E-state index is 12.7. The van der Waals surface area contributed by atoms with Gasteiger partial charge in [-0.15, -0.1) is 11.8 Å². The maximum absolute atomic E-state index is 12.7. The molecule has 0 heterocycles. The number of hydrogen-bond acceptors (Lipinski definition) is 4. The van der Waals surface area contributed by atoms with Crippen LogP contribution in [-0.2, 0) is 22.3 Å². The van der Waals surface area contributed by atoms with E-state index in [-0.39, 0.29) is 0 Å². The summed E-state index contributed by atoms with van der Waals surface area (Å²) in [4.78, 5) is 21.7. The van der Waals surface area contributed by atoms with Crippen molar-refractivity contribution >= 4 is 43.9 Å². The van der Waals surface area contributed by atoms with E-state index >= 15 is 0 Å². The smallest absolute Gasteiger partial charge is 0.287 e. The first-order valence-electron chi connectivity index (χ1n) is 8.77. The SMILES string of the molecule is CCc1c(SC/C=C(\I)c2ccc(C(F)(F)F)cc2)ccc(OOC(C)=O)c1C. The minimum atomic E-state index is -4.33. The first-order chi connectivity index (χ1) is 13.6. The predicted octanol–water partition coefficient (Wildman–Crippen LogP) is 7.00. The summed E-state index contributed by atoms with van der Waals surface area (Å²) in [6, 6.07) is 8.81. The lowest BCUT2D eigenvalue weighted by molar-refractivity contribution is -0.211. The Labute approximate surface area is 185 Å². The van der Waals surface area contributed by atoms with Gasteiger partial charge < -0.3 is 0 Å². The molecule has 0 amide bonds. The van der Waals surface area contributed by atoms with Crippen molar-refractivity contribution in [3.63, 3.8) is 0 Å². The molecule has 0 saturated carbocycles. The molecule has 0 aliphatic rings. The van der Waals surface area contributed by atoms with Gasteiger partial charge in [0.05, 0.1) is 5.56 Å². The number of thioether (sulfide) groups is 1. The van der Waals surface area contributed by atoms with Crippen LogP contribution in [0.1, 0.15) is 36.1 Å². The van der Waals surface area contributed by atoms with Crippen LogP contribution < -0.4 is 4.89 Å². The molecule has 2 aromatic carbocycles. The van der Waals surface area contributed by atoms with E-state index < -0.39 is 17.7 Å². The molecule has 0 aliphatic heterocycles. The molecule has 0 spiro atoms.